The van der Waals surface area contributed by atoms with Gasteiger partial charge in [-0.1, -0.05) is 12.2 Å². The Morgan fingerprint density at radius 3 is 2.35 bits per heavy atom. The standard InChI is InChI=1S/C18H18N2O2S/c1-3-5-11-9-16-17(13(6-4-2)18(11)20)14-10-12(19)7-8-15(14)23(16,21)22/h3-4,7-10H,1-2,5-6,19-20H2. The Labute approximate surface area is 136 Å². The van der Waals surface area contributed by atoms with Crippen LogP contribution in [0.5, 0.6) is 0 Å². The predicted octanol–water partition coefficient (Wildman–Crippen LogP) is 3.12. The van der Waals surface area contributed by atoms with Crippen LogP contribution in [0.15, 0.2) is 59.4 Å². The summed E-state index contributed by atoms with van der Waals surface area (Å²) in [5.41, 5.74) is 16.1. The van der Waals surface area contributed by atoms with Crippen LogP contribution in [0.3, 0.4) is 0 Å². The van der Waals surface area contributed by atoms with Gasteiger partial charge in [0.1, 0.15) is 0 Å². The van der Waals surface area contributed by atoms with E-state index in [2.05, 4.69) is 13.2 Å². The van der Waals surface area contributed by atoms with Gasteiger partial charge < -0.3 is 11.5 Å². The molecule has 3 rings (SSSR count). The van der Waals surface area contributed by atoms with Gasteiger partial charge in [-0.05, 0) is 48.2 Å². The van der Waals surface area contributed by atoms with Crippen LogP contribution in [-0.2, 0) is 22.7 Å². The summed E-state index contributed by atoms with van der Waals surface area (Å²) < 4.78 is 25.8. The first-order valence-electron chi connectivity index (χ1n) is 7.22. The first-order valence-corrected chi connectivity index (χ1v) is 8.71. The van der Waals surface area contributed by atoms with Crippen molar-refractivity contribution in [3.8, 4) is 11.1 Å². The molecule has 0 fully saturated rings. The predicted molar refractivity (Wildman–Crippen MR) is 94.0 cm³/mol. The second-order valence-electron chi connectivity index (χ2n) is 5.55. The maximum atomic E-state index is 12.9. The molecule has 2 aromatic carbocycles. The van der Waals surface area contributed by atoms with E-state index in [4.69, 9.17) is 11.5 Å². The van der Waals surface area contributed by atoms with Crippen molar-refractivity contribution >= 4 is 21.2 Å². The van der Waals surface area contributed by atoms with E-state index in [0.717, 1.165) is 11.1 Å². The summed E-state index contributed by atoms with van der Waals surface area (Å²) in [5.74, 6) is 0. The molecule has 0 aliphatic carbocycles. The van der Waals surface area contributed by atoms with Gasteiger partial charge in [0.15, 0.2) is 0 Å². The van der Waals surface area contributed by atoms with E-state index in [1.807, 2.05) is 0 Å². The molecule has 4 N–H and O–H groups in total. The Balaban J connectivity index is 2.46. The SMILES string of the molecule is C=CCc1cc2c(c(CC=C)c1N)-c1cc(N)ccc1S2(=O)=O. The summed E-state index contributed by atoms with van der Waals surface area (Å²) in [5, 5.41) is 0. The zero-order valence-corrected chi connectivity index (χ0v) is 13.5. The van der Waals surface area contributed by atoms with Crippen LogP contribution in [0.25, 0.3) is 11.1 Å². The number of allylic oxidation sites excluding steroid dienone is 2. The summed E-state index contributed by atoms with van der Waals surface area (Å²) in [6.45, 7) is 7.47. The third-order valence-electron chi connectivity index (χ3n) is 4.09. The van der Waals surface area contributed by atoms with Crippen LogP contribution >= 0.6 is 0 Å². The number of hydrogen-bond donors (Lipinski definition) is 2. The molecule has 118 valence electrons. The number of fused-ring (bicyclic) bond motifs is 3. The minimum absolute atomic E-state index is 0.280. The smallest absolute Gasteiger partial charge is 0.207 e. The number of nitrogens with two attached hydrogens (primary N) is 2. The Morgan fingerprint density at radius 1 is 1.00 bits per heavy atom. The van der Waals surface area contributed by atoms with Gasteiger partial charge in [-0.3, -0.25) is 0 Å². The van der Waals surface area contributed by atoms with Crippen molar-refractivity contribution < 1.29 is 8.42 Å². The minimum atomic E-state index is -3.56. The summed E-state index contributed by atoms with van der Waals surface area (Å²) >= 11 is 0. The molecule has 2 aromatic rings. The van der Waals surface area contributed by atoms with Gasteiger partial charge in [-0.25, -0.2) is 8.42 Å². The zero-order valence-electron chi connectivity index (χ0n) is 12.7. The van der Waals surface area contributed by atoms with Crippen molar-refractivity contribution in [1.82, 2.24) is 0 Å². The average molecular weight is 326 g/mol. The molecule has 0 saturated heterocycles. The molecule has 0 aromatic heterocycles. The van der Waals surface area contributed by atoms with Crippen molar-refractivity contribution in [2.45, 2.75) is 22.6 Å². The Morgan fingerprint density at radius 2 is 1.70 bits per heavy atom. The van der Waals surface area contributed by atoms with Crippen molar-refractivity contribution in [2.75, 3.05) is 11.5 Å². The van der Waals surface area contributed by atoms with Gasteiger partial charge in [-0.2, -0.15) is 0 Å². The van der Waals surface area contributed by atoms with Crippen molar-refractivity contribution in [3.05, 3.63) is 60.7 Å². The molecule has 23 heavy (non-hydrogen) atoms. The third kappa shape index (κ3) is 2.16. The van der Waals surface area contributed by atoms with Crippen LogP contribution in [0, 0.1) is 0 Å². The van der Waals surface area contributed by atoms with Gasteiger partial charge in [-0.15, -0.1) is 13.2 Å². The van der Waals surface area contributed by atoms with Gasteiger partial charge >= 0.3 is 0 Å². The van der Waals surface area contributed by atoms with Gasteiger partial charge in [0.25, 0.3) is 0 Å². The van der Waals surface area contributed by atoms with E-state index in [1.54, 1.807) is 36.4 Å². The number of benzene rings is 2. The molecule has 4 nitrogen and oxygen atoms in total. The van der Waals surface area contributed by atoms with Gasteiger partial charge in [0.05, 0.1) is 9.79 Å². The number of hydrogen-bond acceptors (Lipinski definition) is 4. The molecule has 0 atom stereocenters. The largest absolute Gasteiger partial charge is 0.399 e. The highest BCUT2D eigenvalue weighted by Gasteiger charge is 2.36. The zero-order chi connectivity index (χ0) is 16.8. The lowest BCUT2D eigenvalue weighted by Gasteiger charge is -2.14. The summed E-state index contributed by atoms with van der Waals surface area (Å²) in [6, 6.07) is 6.51. The molecule has 0 bridgehead atoms. The fourth-order valence-electron chi connectivity index (χ4n) is 3.07. The highest BCUT2D eigenvalue weighted by atomic mass is 32.2. The summed E-state index contributed by atoms with van der Waals surface area (Å²) in [4.78, 5) is 0.572. The first-order chi connectivity index (χ1) is 10.9. The third-order valence-corrected chi connectivity index (χ3v) is 5.93. The maximum Gasteiger partial charge on any atom is 0.207 e. The first kappa shape index (κ1) is 15.4. The Hall–Kier alpha value is -2.53. The van der Waals surface area contributed by atoms with Crippen LogP contribution in [-0.4, -0.2) is 8.42 Å². The fourth-order valence-corrected chi connectivity index (χ4v) is 4.80. The molecule has 0 radical (unpaired) electrons. The minimum Gasteiger partial charge on any atom is -0.399 e. The number of sulfone groups is 1. The summed E-state index contributed by atoms with van der Waals surface area (Å²) in [7, 11) is -3.56. The van der Waals surface area contributed by atoms with Gasteiger partial charge in [0.2, 0.25) is 9.84 Å². The fraction of sp³-hybridized carbons (Fsp3) is 0.111. The van der Waals surface area contributed by atoms with Gasteiger partial charge in [0, 0.05) is 22.5 Å². The normalized spacial score (nSPS) is 14.1. The second-order valence-corrected chi connectivity index (χ2v) is 7.43. The quantitative estimate of drug-likeness (QED) is 0.570. The average Bonchev–Trinajstić information content (AvgIpc) is 2.71. The van der Waals surface area contributed by atoms with E-state index in [1.165, 1.54) is 0 Å². The lowest BCUT2D eigenvalue weighted by molar-refractivity contribution is 0.598. The van der Waals surface area contributed by atoms with Crippen LogP contribution in [0.1, 0.15) is 11.1 Å². The highest BCUT2D eigenvalue weighted by molar-refractivity contribution is 7.92. The molecule has 0 saturated carbocycles. The monoisotopic (exact) mass is 326 g/mol. The number of rotatable bonds is 4. The Kier molecular flexibility index (Phi) is 3.53. The number of anilines is 2. The lowest BCUT2D eigenvalue weighted by Crippen LogP contribution is -2.04. The van der Waals surface area contributed by atoms with Crippen LogP contribution < -0.4 is 11.5 Å². The molecule has 0 spiro atoms. The van der Waals surface area contributed by atoms with E-state index < -0.39 is 9.84 Å². The molecular weight excluding hydrogens is 308 g/mol. The molecule has 0 unspecified atom stereocenters. The van der Waals surface area contributed by atoms with Crippen LogP contribution in [0.2, 0.25) is 0 Å². The molecule has 1 heterocycles. The summed E-state index contributed by atoms with van der Waals surface area (Å²) in [6.07, 6.45) is 4.43. The van der Waals surface area contributed by atoms with E-state index >= 15 is 0 Å². The van der Waals surface area contributed by atoms with Crippen molar-refractivity contribution in [1.29, 1.82) is 0 Å². The van der Waals surface area contributed by atoms with Crippen molar-refractivity contribution in [2.24, 2.45) is 0 Å². The molecule has 5 heteroatoms. The Bertz CT molecular complexity index is 944. The highest BCUT2D eigenvalue weighted by Crippen LogP contribution is 2.48. The molecule has 1 aliphatic heterocycles. The van der Waals surface area contributed by atoms with E-state index in [-0.39, 0.29) is 4.90 Å². The van der Waals surface area contributed by atoms with E-state index in [9.17, 15) is 8.42 Å². The topological polar surface area (TPSA) is 86.2 Å². The van der Waals surface area contributed by atoms with E-state index in [0.29, 0.717) is 40.2 Å². The maximum absolute atomic E-state index is 12.9. The lowest BCUT2D eigenvalue weighted by atomic mass is 9.92. The van der Waals surface area contributed by atoms with Crippen molar-refractivity contribution in [3.63, 3.8) is 0 Å². The van der Waals surface area contributed by atoms with Crippen LogP contribution in [0.4, 0.5) is 11.4 Å². The molecular formula is C18H18N2O2S. The molecule has 0 amide bonds. The number of nitrogen functional groups attached to an aromatic ring is 2. The molecule has 1 aliphatic rings. The second kappa shape index (κ2) is 5.28.